The van der Waals surface area contributed by atoms with Crippen LogP contribution in [-0.2, 0) is 23.2 Å². The van der Waals surface area contributed by atoms with Gasteiger partial charge in [-0.3, -0.25) is 14.4 Å². The van der Waals surface area contributed by atoms with Crippen LogP contribution < -0.4 is 0 Å². The first-order chi connectivity index (χ1) is 19.6. The van der Waals surface area contributed by atoms with Gasteiger partial charge in [0.2, 0.25) is 0 Å². The van der Waals surface area contributed by atoms with E-state index in [4.69, 9.17) is 11.6 Å². The fourth-order valence-electron chi connectivity index (χ4n) is 3.83. The van der Waals surface area contributed by atoms with Gasteiger partial charge in [0.1, 0.15) is 0 Å². The molecule has 4 aromatic carbocycles. The molecular weight excluding hydrogens is 568 g/mol. The molecule has 0 spiro atoms. The third-order valence-electron chi connectivity index (χ3n) is 6.14. The van der Waals surface area contributed by atoms with Crippen molar-refractivity contribution < 1.29 is 33.0 Å². The number of hydrogen-bond donors (Lipinski definition) is 2. The summed E-state index contributed by atoms with van der Waals surface area (Å²) < 4.78 is 28.4. The molecule has 0 radical (unpaired) electrons. The Morgan fingerprint density at radius 1 is 0.634 bits per heavy atom. The lowest BCUT2D eigenvalue weighted by Crippen LogP contribution is -2.55. The highest BCUT2D eigenvalue weighted by Gasteiger charge is 2.42. The summed E-state index contributed by atoms with van der Waals surface area (Å²) in [7, 11) is -4.85. The highest BCUT2D eigenvalue weighted by molar-refractivity contribution is 7.89. The van der Waals surface area contributed by atoms with Crippen LogP contribution in [0.15, 0.2) is 102 Å². The molecule has 0 saturated carbocycles. The SMILES string of the molecule is Cc1ccc(S(=O)(=O)N(C(=O)c2ccc(Cl)cc2)N(C(=O)c2ccc(CO)cc2)C(=O)c2ccc(CO)cc2)cc1. The monoisotopic (exact) mass is 592 g/mol. The summed E-state index contributed by atoms with van der Waals surface area (Å²) in [5, 5.41) is 19.4. The average Bonchev–Trinajstić information content (AvgIpc) is 2.99. The number of aliphatic hydroxyl groups is 2. The van der Waals surface area contributed by atoms with E-state index in [1.807, 2.05) is 0 Å². The Bertz CT molecular complexity index is 1610. The Balaban J connectivity index is 1.96. The van der Waals surface area contributed by atoms with Gasteiger partial charge in [0.05, 0.1) is 18.1 Å². The predicted molar refractivity (Wildman–Crippen MR) is 151 cm³/mol. The number of halogens is 1. The first-order valence-corrected chi connectivity index (χ1v) is 14.1. The molecule has 4 aromatic rings. The molecule has 0 saturated heterocycles. The van der Waals surface area contributed by atoms with Crippen molar-refractivity contribution in [1.82, 2.24) is 9.42 Å². The van der Waals surface area contributed by atoms with Crippen molar-refractivity contribution in [3.05, 3.63) is 135 Å². The van der Waals surface area contributed by atoms with Crippen LogP contribution in [0.2, 0.25) is 5.02 Å². The Labute approximate surface area is 241 Å². The maximum absolute atomic E-state index is 14.1. The molecule has 0 aliphatic heterocycles. The van der Waals surface area contributed by atoms with Gasteiger partial charge in [-0.2, -0.15) is 13.4 Å². The van der Waals surface area contributed by atoms with Gasteiger partial charge in [0, 0.05) is 21.7 Å². The van der Waals surface area contributed by atoms with E-state index in [2.05, 4.69) is 0 Å². The highest BCUT2D eigenvalue weighted by atomic mass is 35.5. The van der Waals surface area contributed by atoms with E-state index in [0.29, 0.717) is 11.1 Å². The molecule has 3 amide bonds. The molecule has 210 valence electrons. The van der Waals surface area contributed by atoms with Gasteiger partial charge in [-0.1, -0.05) is 53.6 Å². The molecule has 0 heterocycles. The lowest BCUT2D eigenvalue weighted by Gasteiger charge is -2.32. The Morgan fingerprint density at radius 3 is 1.44 bits per heavy atom. The second kappa shape index (κ2) is 12.4. The summed E-state index contributed by atoms with van der Waals surface area (Å²) in [5.41, 5.74) is 1.31. The first-order valence-electron chi connectivity index (χ1n) is 12.3. The third-order valence-corrected chi connectivity index (χ3v) is 8.05. The molecule has 9 nitrogen and oxygen atoms in total. The summed E-state index contributed by atoms with van der Waals surface area (Å²) in [4.78, 5) is 41.6. The van der Waals surface area contributed by atoms with Gasteiger partial charge < -0.3 is 10.2 Å². The van der Waals surface area contributed by atoms with Crippen LogP contribution in [0, 0.1) is 6.92 Å². The zero-order chi connectivity index (χ0) is 29.7. The van der Waals surface area contributed by atoms with E-state index in [0.717, 1.165) is 5.56 Å². The van der Waals surface area contributed by atoms with Crippen molar-refractivity contribution in [3.63, 3.8) is 0 Å². The number of rotatable bonds is 7. The number of aliphatic hydroxyl groups excluding tert-OH is 2. The molecule has 0 unspecified atom stereocenters. The van der Waals surface area contributed by atoms with Crippen LogP contribution in [0.5, 0.6) is 0 Å². The molecular formula is C30H25ClN2O7S. The van der Waals surface area contributed by atoms with E-state index in [1.54, 1.807) is 6.92 Å². The summed E-state index contributed by atoms with van der Waals surface area (Å²) >= 11 is 5.97. The van der Waals surface area contributed by atoms with E-state index in [9.17, 15) is 33.0 Å². The van der Waals surface area contributed by atoms with Crippen LogP contribution in [-0.4, -0.2) is 45.8 Å². The second-order valence-electron chi connectivity index (χ2n) is 9.01. The van der Waals surface area contributed by atoms with E-state index in [1.165, 1.54) is 97.1 Å². The van der Waals surface area contributed by atoms with Crippen LogP contribution in [0.4, 0.5) is 0 Å². The minimum atomic E-state index is -4.85. The molecule has 41 heavy (non-hydrogen) atoms. The molecule has 0 aliphatic carbocycles. The summed E-state index contributed by atoms with van der Waals surface area (Å²) in [6.07, 6.45) is 0. The highest BCUT2D eigenvalue weighted by Crippen LogP contribution is 2.26. The van der Waals surface area contributed by atoms with E-state index in [-0.39, 0.29) is 49.2 Å². The Morgan fingerprint density at radius 2 is 1.02 bits per heavy atom. The largest absolute Gasteiger partial charge is 0.392 e. The zero-order valence-corrected chi connectivity index (χ0v) is 23.3. The molecule has 4 rings (SSSR count). The van der Waals surface area contributed by atoms with Crippen molar-refractivity contribution >= 4 is 39.3 Å². The lowest BCUT2D eigenvalue weighted by atomic mass is 10.1. The maximum atomic E-state index is 14.1. The third kappa shape index (κ3) is 6.36. The fraction of sp³-hybridized carbons (Fsp3) is 0.100. The normalized spacial score (nSPS) is 11.1. The standard InChI is InChI=1S/C30H25ClN2O7S/c1-20-2-16-27(17-3-20)41(39,40)33(30(38)25-12-14-26(31)15-13-25)32(28(36)23-8-4-21(18-34)5-9-23)29(37)24-10-6-22(19-35)7-11-24/h2-17,34-35H,18-19H2,1H3. The fourth-order valence-corrected chi connectivity index (χ4v) is 5.32. The van der Waals surface area contributed by atoms with Crippen molar-refractivity contribution in [3.8, 4) is 0 Å². The number of hydrogen-bond acceptors (Lipinski definition) is 7. The molecule has 0 fully saturated rings. The van der Waals surface area contributed by atoms with E-state index >= 15 is 0 Å². The number of imide groups is 1. The number of aryl methyl sites for hydroxylation is 1. The number of sulfonamides is 1. The summed E-state index contributed by atoms with van der Waals surface area (Å²) in [5.74, 6) is -3.39. The smallest absolute Gasteiger partial charge is 0.287 e. The second-order valence-corrected chi connectivity index (χ2v) is 11.2. The van der Waals surface area contributed by atoms with Gasteiger partial charge in [-0.25, -0.2) is 0 Å². The molecule has 0 aromatic heterocycles. The van der Waals surface area contributed by atoms with Gasteiger partial charge in [-0.15, -0.1) is 4.41 Å². The molecule has 11 heteroatoms. The van der Waals surface area contributed by atoms with Gasteiger partial charge >= 0.3 is 0 Å². The number of benzene rings is 4. The molecule has 0 bridgehead atoms. The van der Waals surface area contributed by atoms with E-state index < -0.39 is 27.7 Å². The quantitative estimate of drug-likeness (QED) is 0.241. The lowest BCUT2D eigenvalue weighted by molar-refractivity contribution is 0.0255. The number of hydrazine groups is 1. The zero-order valence-electron chi connectivity index (χ0n) is 21.8. The van der Waals surface area contributed by atoms with Crippen LogP contribution in [0.25, 0.3) is 0 Å². The number of carbonyl (C=O) groups excluding carboxylic acids is 3. The summed E-state index contributed by atoms with van der Waals surface area (Å²) in [6.45, 7) is 1.13. The minimum absolute atomic E-state index is 0.115. The van der Waals surface area contributed by atoms with Crippen molar-refractivity contribution in [2.45, 2.75) is 25.0 Å². The topological polar surface area (TPSA) is 132 Å². The summed E-state index contributed by atoms with van der Waals surface area (Å²) in [6, 6.07) is 21.9. The van der Waals surface area contributed by atoms with Crippen LogP contribution >= 0.6 is 11.6 Å². The van der Waals surface area contributed by atoms with Crippen molar-refractivity contribution in [1.29, 1.82) is 0 Å². The number of amides is 3. The van der Waals surface area contributed by atoms with Crippen molar-refractivity contribution in [2.75, 3.05) is 0 Å². The average molecular weight is 593 g/mol. The molecule has 0 aliphatic rings. The minimum Gasteiger partial charge on any atom is -0.392 e. The van der Waals surface area contributed by atoms with Gasteiger partial charge in [0.25, 0.3) is 27.7 Å². The number of nitrogens with zero attached hydrogens (tertiary/aromatic N) is 2. The van der Waals surface area contributed by atoms with Crippen LogP contribution in [0.3, 0.4) is 0 Å². The molecule has 2 N–H and O–H groups in total. The Hall–Kier alpha value is -4.35. The predicted octanol–water partition coefficient (Wildman–Crippen LogP) is 4.36. The van der Waals surface area contributed by atoms with Gasteiger partial charge in [0.15, 0.2) is 0 Å². The van der Waals surface area contributed by atoms with Crippen molar-refractivity contribution in [2.24, 2.45) is 0 Å². The Kier molecular flexibility index (Phi) is 8.99. The first kappa shape index (κ1) is 29.6. The molecule has 0 atom stereocenters. The number of carbonyl (C=O) groups is 3. The van der Waals surface area contributed by atoms with Crippen LogP contribution in [0.1, 0.15) is 47.8 Å². The maximum Gasteiger partial charge on any atom is 0.287 e. The van der Waals surface area contributed by atoms with Gasteiger partial charge in [-0.05, 0) is 78.7 Å².